The number of nitrogens with zero attached hydrogens (tertiary/aromatic N) is 4. The number of aromatic nitrogens is 4. The van der Waals surface area contributed by atoms with Crippen molar-refractivity contribution in [3.8, 4) is 5.69 Å². The molecule has 0 amide bonds. The summed E-state index contributed by atoms with van der Waals surface area (Å²) in [6.07, 6.45) is -2.16. The SMILES string of the molecule is Cc1c(-n2ccn3c(S(=O)(=O)Cc4ccccc4Br)nnc3c2=O)cccc1C(F)(F)F. The van der Waals surface area contributed by atoms with Crippen molar-refractivity contribution in [2.75, 3.05) is 0 Å². The van der Waals surface area contributed by atoms with Crippen molar-refractivity contribution in [2.24, 2.45) is 0 Å². The molecule has 0 saturated carbocycles. The van der Waals surface area contributed by atoms with Crippen LogP contribution >= 0.6 is 15.9 Å². The maximum atomic E-state index is 13.3. The predicted molar refractivity (Wildman–Crippen MR) is 113 cm³/mol. The Balaban J connectivity index is 1.82. The van der Waals surface area contributed by atoms with Gasteiger partial charge in [0.2, 0.25) is 15.5 Å². The van der Waals surface area contributed by atoms with E-state index in [-0.39, 0.29) is 22.7 Å². The molecule has 2 aromatic carbocycles. The summed E-state index contributed by atoms with van der Waals surface area (Å²) in [4.78, 5) is 13.0. The van der Waals surface area contributed by atoms with Crippen LogP contribution in [0.4, 0.5) is 13.2 Å². The van der Waals surface area contributed by atoms with Gasteiger partial charge in [0, 0.05) is 16.9 Å². The largest absolute Gasteiger partial charge is 0.416 e. The van der Waals surface area contributed by atoms with E-state index in [1.165, 1.54) is 31.5 Å². The molecule has 0 aliphatic rings. The molecule has 0 unspecified atom stereocenters. The van der Waals surface area contributed by atoms with Crippen molar-refractivity contribution in [1.29, 1.82) is 0 Å². The maximum absolute atomic E-state index is 13.3. The molecule has 0 aliphatic carbocycles. The minimum absolute atomic E-state index is 0.00736. The first-order chi connectivity index (χ1) is 15.0. The van der Waals surface area contributed by atoms with Gasteiger partial charge in [-0.3, -0.25) is 13.8 Å². The van der Waals surface area contributed by atoms with Gasteiger partial charge in [-0.05, 0) is 36.2 Å². The monoisotopic (exact) mass is 526 g/mol. The van der Waals surface area contributed by atoms with Gasteiger partial charge in [0.25, 0.3) is 5.16 Å². The van der Waals surface area contributed by atoms with Gasteiger partial charge in [0.15, 0.2) is 0 Å². The van der Waals surface area contributed by atoms with Gasteiger partial charge in [-0.25, -0.2) is 8.42 Å². The average molecular weight is 527 g/mol. The van der Waals surface area contributed by atoms with E-state index in [2.05, 4.69) is 26.1 Å². The Bertz CT molecular complexity index is 1510. The third-order valence-corrected chi connectivity index (χ3v) is 7.19. The summed E-state index contributed by atoms with van der Waals surface area (Å²) < 4.78 is 68.2. The molecule has 0 spiro atoms. The van der Waals surface area contributed by atoms with Crippen LogP contribution in [0.1, 0.15) is 16.7 Å². The third kappa shape index (κ3) is 3.84. The van der Waals surface area contributed by atoms with Crippen LogP contribution in [0.15, 0.2) is 69.3 Å². The number of hydrogen-bond donors (Lipinski definition) is 0. The molecule has 0 bridgehead atoms. The Morgan fingerprint density at radius 3 is 2.44 bits per heavy atom. The van der Waals surface area contributed by atoms with Crippen molar-refractivity contribution in [1.82, 2.24) is 19.2 Å². The highest BCUT2D eigenvalue weighted by Gasteiger charge is 2.33. The van der Waals surface area contributed by atoms with Crippen molar-refractivity contribution in [2.45, 2.75) is 24.0 Å². The van der Waals surface area contributed by atoms with Crippen LogP contribution in [0.2, 0.25) is 0 Å². The van der Waals surface area contributed by atoms with Gasteiger partial charge in [-0.1, -0.05) is 40.2 Å². The van der Waals surface area contributed by atoms with Crippen LogP contribution in [0.5, 0.6) is 0 Å². The average Bonchev–Trinajstić information content (AvgIpc) is 3.16. The molecule has 4 rings (SSSR count). The fraction of sp³-hybridized carbons (Fsp3) is 0.150. The lowest BCUT2D eigenvalue weighted by molar-refractivity contribution is -0.138. The number of benzene rings is 2. The van der Waals surface area contributed by atoms with Crippen LogP contribution in [0.25, 0.3) is 11.3 Å². The first-order valence-electron chi connectivity index (χ1n) is 9.10. The molecule has 0 N–H and O–H groups in total. The van der Waals surface area contributed by atoms with E-state index in [1.54, 1.807) is 24.3 Å². The van der Waals surface area contributed by atoms with Gasteiger partial charge in [-0.2, -0.15) is 13.2 Å². The van der Waals surface area contributed by atoms with Crippen LogP contribution in [0, 0.1) is 6.92 Å². The lowest BCUT2D eigenvalue weighted by Crippen LogP contribution is -2.22. The van der Waals surface area contributed by atoms with E-state index in [4.69, 9.17) is 0 Å². The second-order valence-electron chi connectivity index (χ2n) is 6.95. The number of alkyl halides is 3. The Labute approximate surface area is 188 Å². The zero-order chi connectivity index (χ0) is 23.3. The molecule has 0 fully saturated rings. The normalized spacial score (nSPS) is 12.4. The second-order valence-corrected chi connectivity index (χ2v) is 9.69. The third-order valence-electron chi connectivity index (χ3n) is 4.89. The standard InChI is InChI=1S/C20H14BrF3N4O3S/c1-12-14(20(22,23)24)6-4-8-16(12)27-9-10-28-17(18(27)29)25-26-19(28)32(30,31)11-13-5-2-3-7-15(13)21/h2-10H,11H2,1H3. The van der Waals surface area contributed by atoms with E-state index in [9.17, 15) is 26.4 Å². The molecule has 0 atom stereocenters. The minimum Gasteiger partial charge on any atom is -0.279 e. The topological polar surface area (TPSA) is 86.3 Å². The quantitative estimate of drug-likeness (QED) is 0.402. The second kappa shape index (κ2) is 7.85. The number of halogens is 4. The van der Waals surface area contributed by atoms with E-state index < -0.39 is 32.3 Å². The molecule has 0 saturated heterocycles. The van der Waals surface area contributed by atoms with Gasteiger partial charge in [-0.15, -0.1) is 10.2 Å². The molecule has 32 heavy (non-hydrogen) atoms. The predicted octanol–water partition coefficient (Wildman–Crippen LogP) is 3.94. The molecule has 0 radical (unpaired) electrons. The molecule has 12 heteroatoms. The van der Waals surface area contributed by atoms with Crippen molar-refractivity contribution < 1.29 is 21.6 Å². The number of rotatable bonds is 4. The van der Waals surface area contributed by atoms with E-state index in [0.29, 0.717) is 10.0 Å². The summed E-state index contributed by atoms with van der Waals surface area (Å²) >= 11 is 3.29. The first-order valence-corrected chi connectivity index (χ1v) is 11.5. The Morgan fingerprint density at radius 2 is 1.75 bits per heavy atom. The highest BCUT2D eigenvalue weighted by molar-refractivity contribution is 9.10. The molecule has 7 nitrogen and oxygen atoms in total. The summed E-state index contributed by atoms with van der Waals surface area (Å²) in [5.41, 5.74) is -1.64. The van der Waals surface area contributed by atoms with E-state index in [1.807, 2.05) is 0 Å². The number of sulfone groups is 1. The van der Waals surface area contributed by atoms with Crippen LogP contribution < -0.4 is 5.56 Å². The first kappa shape index (κ1) is 22.2. The highest BCUT2D eigenvalue weighted by Crippen LogP contribution is 2.33. The van der Waals surface area contributed by atoms with Crippen molar-refractivity contribution in [3.63, 3.8) is 0 Å². The summed E-state index contributed by atoms with van der Waals surface area (Å²) in [6, 6.07) is 10.2. The molecular formula is C20H14BrF3N4O3S. The molecule has 2 aromatic heterocycles. The maximum Gasteiger partial charge on any atom is 0.416 e. The summed E-state index contributed by atoms with van der Waals surface area (Å²) in [5, 5.41) is 6.95. The zero-order valence-electron chi connectivity index (χ0n) is 16.3. The molecule has 166 valence electrons. The lowest BCUT2D eigenvalue weighted by atomic mass is 10.1. The fourth-order valence-electron chi connectivity index (χ4n) is 3.34. The Morgan fingerprint density at radius 1 is 1.03 bits per heavy atom. The molecule has 4 aromatic rings. The summed E-state index contributed by atoms with van der Waals surface area (Å²) in [5.74, 6) is -0.384. The smallest absolute Gasteiger partial charge is 0.279 e. The fourth-order valence-corrected chi connectivity index (χ4v) is 5.36. The Kier molecular flexibility index (Phi) is 5.45. The lowest BCUT2D eigenvalue weighted by Gasteiger charge is -2.15. The minimum atomic E-state index is -4.59. The molecule has 0 aliphatic heterocycles. The highest BCUT2D eigenvalue weighted by atomic mass is 79.9. The number of fused-ring (bicyclic) bond motifs is 1. The van der Waals surface area contributed by atoms with Gasteiger partial charge >= 0.3 is 11.7 Å². The van der Waals surface area contributed by atoms with Crippen molar-refractivity contribution in [3.05, 3.63) is 86.4 Å². The summed E-state index contributed by atoms with van der Waals surface area (Å²) in [7, 11) is -3.99. The van der Waals surface area contributed by atoms with Crippen LogP contribution in [-0.2, 0) is 21.8 Å². The van der Waals surface area contributed by atoms with Crippen LogP contribution in [0.3, 0.4) is 0 Å². The summed E-state index contributed by atoms with van der Waals surface area (Å²) in [6.45, 7) is 1.26. The molecular weight excluding hydrogens is 513 g/mol. The van der Waals surface area contributed by atoms with Gasteiger partial charge < -0.3 is 0 Å². The zero-order valence-corrected chi connectivity index (χ0v) is 18.7. The number of hydrogen-bond acceptors (Lipinski definition) is 5. The molecule has 2 heterocycles. The van der Waals surface area contributed by atoms with Crippen molar-refractivity contribution >= 4 is 31.4 Å². The van der Waals surface area contributed by atoms with Gasteiger partial charge in [0.05, 0.1) is 17.0 Å². The van der Waals surface area contributed by atoms with Gasteiger partial charge in [0.1, 0.15) is 0 Å². The van der Waals surface area contributed by atoms with Crippen LogP contribution in [-0.4, -0.2) is 27.6 Å². The van der Waals surface area contributed by atoms with E-state index >= 15 is 0 Å². The van der Waals surface area contributed by atoms with E-state index in [0.717, 1.165) is 15.0 Å². The Hall–Kier alpha value is -2.99.